The summed E-state index contributed by atoms with van der Waals surface area (Å²) in [5.41, 5.74) is 5.23. The minimum absolute atomic E-state index is 0.0832. The van der Waals surface area contributed by atoms with E-state index in [-0.39, 0.29) is 11.8 Å². The Morgan fingerprint density at radius 3 is 2.46 bits per heavy atom. The summed E-state index contributed by atoms with van der Waals surface area (Å²) in [4.78, 5) is 13.1. The van der Waals surface area contributed by atoms with Crippen molar-refractivity contribution in [3.05, 3.63) is 11.1 Å². The smallest absolute Gasteiger partial charge is 0.220 e. The van der Waals surface area contributed by atoms with E-state index in [4.69, 9.17) is 5.73 Å². The van der Waals surface area contributed by atoms with E-state index in [0.717, 1.165) is 37.0 Å². The summed E-state index contributed by atoms with van der Waals surface area (Å²) in [6.45, 7) is 6.54. The van der Waals surface area contributed by atoms with Crippen molar-refractivity contribution in [2.45, 2.75) is 12.8 Å². The van der Waals surface area contributed by atoms with Crippen LogP contribution in [0.25, 0.3) is 0 Å². The highest BCUT2D eigenvalue weighted by atomic mass is 79.9. The number of hydrogen-bond donors (Lipinski definition) is 1. The number of nitrogens with two attached hydrogens (primary N) is 1. The van der Waals surface area contributed by atoms with Crippen LogP contribution in [0.1, 0.15) is 12.8 Å². The van der Waals surface area contributed by atoms with Crippen molar-refractivity contribution in [3.8, 4) is 0 Å². The average molecular weight is 247 g/mol. The predicted octanol–water partition coefficient (Wildman–Crippen LogP) is 1.09. The van der Waals surface area contributed by atoms with E-state index in [0.29, 0.717) is 0 Å². The van der Waals surface area contributed by atoms with Crippen molar-refractivity contribution < 1.29 is 4.79 Å². The van der Waals surface area contributed by atoms with E-state index in [2.05, 4.69) is 27.4 Å². The second-order valence-electron chi connectivity index (χ2n) is 3.47. The summed E-state index contributed by atoms with van der Waals surface area (Å²) >= 11 is 3.33. The van der Waals surface area contributed by atoms with Crippen LogP contribution in [0.5, 0.6) is 0 Å². The second-order valence-corrected chi connectivity index (χ2v) is 4.59. The topological polar surface area (TPSA) is 46.3 Å². The molecule has 0 aromatic rings. The van der Waals surface area contributed by atoms with Gasteiger partial charge in [0.25, 0.3) is 0 Å². The van der Waals surface area contributed by atoms with Gasteiger partial charge in [-0.1, -0.05) is 22.5 Å². The minimum Gasteiger partial charge on any atom is -0.369 e. The molecule has 0 radical (unpaired) electrons. The van der Waals surface area contributed by atoms with Crippen molar-refractivity contribution in [3.63, 3.8) is 0 Å². The average Bonchev–Trinajstić information content (AvgIpc) is 2.04. The lowest BCUT2D eigenvalue weighted by atomic mass is 9.96. The molecule has 3 nitrogen and oxygen atoms in total. The van der Waals surface area contributed by atoms with Gasteiger partial charge in [0.1, 0.15) is 0 Å². The first-order chi connectivity index (χ1) is 6.09. The quantitative estimate of drug-likeness (QED) is 0.811. The molecule has 0 aromatic heterocycles. The maximum absolute atomic E-state index is 10.9. The van der Waals surface area contributed by atoms with Gasteiger partial charge >= 0.3 is 0 Å². The Kier molecular flexibility index (Phi) is 3.93. The van der Waals surface area contributed by atoms with E-state index in [1.165, 1.54) is 0 Å². The number of rotatable bonds is 3. The predicted molar refractivity (Wildman–Crippen MR) is 56.4 cm³/mol. The summed E-state index contributed by atoms with van der Waals surface area (Å²) in [6.07, 6.45) is 1.77. The van der Waals surface area contributed by atoms with Crippen molar-refractivity contribution >= 4 is 21.8 Å². The molecule has 4 heteroatoms. The number of hydrogen-bond acceptors (Lipinski definition) is 2. The first kappa shape index (κ1) is 10.7. The van der Waals surface area contributed by atoms with Crippen molar-refractivity contribution in [2.24, 2.45) is 11.7 Å². The van der Waals surface area contributed by atoms with Crippen LogP contribution in [0.15, 0.2) is 11.1 Å². The fraction of sp³-hybridized carbons (Fsp3) is 0.667. The van der Waals surface area contributed by atoms with Crippen LogP contribution < -0.4 is 5.73 Å². The SMILES string of the molecule is C=C(Br)CN1CCC(C(N)=O)CC1. The molecule has 0 spiro atoms. The molecule has 1 saturated heterocycles. The van der Waals surface area contributed by atoms with E-state index < -0.39 is 0 Å². The molecule has 1 rings (SSSR count). The van der Waals surface area contributed by atoms with Crippen LogP contribution in [0.3, 0.4) is 0 Å². The summed E-state index contributed by atoms with van der Waals surface area (Å²) in [7, 11) is 0. The Labute approximate surface area is 87.1 Å². The molecular weight excluding hydrogens is 232 g/mol. The van der Waals surface area contributed by atoms with Gasteiger partial charge in [-0.3, -0.25) is 9.69 Å². The van der Waals surface area contributed by atoms with Crippen molar-refractivity contribution in [2.75, 3.05) is 19.6 Å². The van der Waals surface area contributed by atoms with Gasteiger partial charge in [0.05, 0.1) is 0 Å². The lowest BCUT2D eigenvalue weighted by molar-refractivity contribution is -0.123. The van der Waals surface area contributed by atoms with Crippen LogP contribution in [0.2, 0.25) is 0 Å². The van der Waals surface area contributed by atoms with E-state index in [1.54, 1.807) is 0 Å². The Balaban J connectivity index is 2.30. The zero-order chi connectivity index (χ0) is 9.84. The fourth-order valence-electron chi connectivity index (χ4n) is 1.62. The van der Waals surface area contributed by atoms with Crippen molar-refractivity contribution in [1.29, 1.82) is 0 Å². The number of piperidine rings is 1. The molecule has 0 atom stereocenters. The molecule has 13 heavy (non-hydrogen) atoms. The molecule has 0 aromatic carbocycles. The summed E-state index contributed by atoms with van der Waals surface area (Å²) in [6, 6.07) is 0. The number of primary amides is 1. The first-order valence-electron chi connectivity index (χ1n) is 4.44. The third-order valence-electron chi connectivity index (χ3n) is 2.39. The highest BCUT2D eigenvalue weighted by molar-refractivity contribution is 9.11. The Bertz CT molecular complexity index is 210. The summed E-state index contributed by atoms with van der Waals surface area (Å²) in [5.74, 6) is -0.0721. The minimum atomic E-state index is -0.155. The summed E-state index contributed by atoms with van der Waals surface area (Å²) < 4.78 is 0.991. The second kappa shape index (κ2) is 4.77. The number of likely N-dealkylation sites (tertiary alicyclic amines) is 1. The number of amides is 1. The highest BCUT2D eigenvalue weighted by Crippen LogP contribution is 2.18. The Morgan fingerprint density at radius 1 is 1.54 bits per heavy atom. The van der Waals surface area contributed by atoms with Gasteiger partial charge in [-0.05, 0) is 25.9 Å². The fourth-order valence-corrected chi connectivity index (χ4v) is 1.97. The van der Waals surface area contributed by atoms with E-state index in [1.807, 2.05) is 0 Å². The maximum atomic E-state index is 10.9. The highest BCUT2D eigenvalue weighted by Gasteiger charge is 2.22. The standard InChI is InChI=1S/C9H15BrN2O/c1-7(10)6-12-4-2-8(3-5-12)9(11)13/h8H,1-6H2,(H2,11,13). The van der Waals surface area contributed by atoms with Crippen LogP contribution in [-0.4, -0.2) is 30.4 Å². The lowest BCUT2D eigenvalue weighted by Crippen LogP contribution is -2.38. The number of carbonyl (C=O) groups excluding carboxylic acids is 1. The molecule has 74 valence electrons. The molecule has 0 bridgehead atoms. The van der Waals surface area contributed by atoms with Gasteiger partial charge in [0.15, 0.2) is 0 Å². The molecule has 1 aliphatic heterocycles. The zero-order valence-corrected chi connectivity index (χ0v) is 9.22. The van der Waals surface area contributed by atoms with Crippen LogP contribution >= 0.6 is 15.9 Å². The third-order valence-corrected chi connectivity index (χ3v) is 2.64. The summed E-state index contributed by atoms with van der Waals surface area (Å²) in [5, 5.41) is 0. The van der Waals surface area contributed by atoms with Gasteiger partial charge in [0.2, 0.25) is 5.91 Å². The molecule has 1 amide bonds. The van der Waals surface area contributed by atoms with Crippen LogP contribution in [0.4, 0.5) is 0 Å². The van der Waals surface area contributed by atoms with Crippen LogP contribution in [0, 0.1) is 5.92 Å². The maximum Gasteiger partial charge on any atom is 0.220 e. The largest absolute Gasteiger partial charge is 0.369 e. The molecule has 1 heterocycles. The van der Waals surface area contributed by atoms with E-state index in [9.17, 15) is 4.79 Å². The Hall–Kier alpha value is -0.350. The normalized spacial score (nSPS) is 20.1. The van der Waals surface area contributed by atoms with E-state index >= 15 is 0 Å². The molecule has 0 aliphatic carbocycles. The van der Waals surface area contributed by atoms with Gasteiger partial charge < -0.3 is 5.73 Å². The number of carbonyl (C=O) groups is 1. The molecule has 2 N–H and O–H groups in total. The number of nitrogens with zero attached hydrogens (tertiary/aromatic N) is 1. The first-order valence-corrected chi connectivity index (χ1v) is 5.24. The van der Waals surface area contributed by atoms with Gasteiger partial charge in [0, 0.05) is 16.9 Å². The third kappa shape index (κ3) is 3.48. The number of halogens is 1. The Morgan fingerprint density at radius 2 is 2.08 bits per heavy atom. The van der Waals surface area contributed by atoms with Crippen LogP contribution in [-0.2, 0) is 4.79 Å². The molecule has 1 aliphatic rings. The molecular formula is C9H15BrN2O. The molecule has 1 fully saturated rings. The zero-order valence-electron chi connectivity index (χ0n) is 7.63. The molecule has 0 saturated carbocycles. The lowest BCUT2D eigenvalue weighted by Gasteiger charge is -2.30. The van der Waals surface area contributed by atoms with Gasteiger partial charge in [-0.15, -0.1) is 0 Å². The van der Waals surface area contributed by atoms with Crippen molar-refractivity contribution in [1.82, 2.24) is 4.90 Å². The van der Waals surface area contributed by atoms with Gasteiger partial charge in [-0.2, -0.15) is 0 Å². The molecule has 0 unspecified atom stereocenters. The monoisotopic (exact) mass is 246 g/mol. The van der Waals surface area contributed by atoms with Gasteiger partial charge in [-0.25, -0.2) is 0 Å².